The lowest BCUT2D eigenvalue weighted by Gasteiger charge is -2.19. The highest BCUT2D eigenvalue weighted by Crippen LogP contribution is 2.26. The van der Waals surface area contributed by atoms with Crippen molar-refractivity contribution in [3.8, 4) is 5.75 Å². The largest absolute Gasteiger partial charge is 0.496 e. The van der Waals surface area contributed by atoms with E-state index in [1.54, 1.807) is 7.11 Å². The molecule has 0 aromatic heterocycles. The molecule has 1 amide bonds. The smallest absolute Gasteiger partial charge is 0.237 e. The molecule has 4 heteroatoms. The van der Waals surface area contributed by atoms with Crippen molar-refractivity contribution in [3.63, 3.8) is 0 Å². The van der Waals surface area contributed by atoms with E-state index in [4.69, 9.17) is 10.5 Å². The summed E-state index contributed by atoms with van der Waals surface area (Å²) in [5, 5.41) is 2.90. The van der Waals surface area contributed by atoms with Crippen LogP contribution in [0.4, 0.5) is 0 Å². The minimum atomic E-state index is -0.455. The van der Waals surface area contributed by atoms with Crippen LogP contribution in [0.3, 0.4) is 0 Å². The number of ether oxygens (including phenoxy) is 1. The number of amides is 1. The Kier molecular flexibility index (Phi) is 5.16. The van der Waals surface area contributed by atoms with Gasteiger partial charge in [0.15, 0.2) is 0 Å². The topological polar surface area (TPSA) is 64.4 Å². The van der Waals surface area contributed by atoms with Gasteiger partial charge in [-0.3, -0.25) is 4.79 Å². The lowest BCUT2D eigenvalue weighted by molar-refractivity contribution is -0.123. The Bertz CT molecular complexity index is 418. The highest BCUT2D eigenvalue weighted by molar-refractivity contribution is 5.81. The van der Waals surface area contributed by atoms with Crippen LogP contribution < -0.4 is 15.8 Å². The first-order valence-electron chi connectivity index (χ1n) is 6.20. The quantitative estimate of drug-likeness (QED) is 0.839. The normalized spacial score (nSPS) is 13.8. The second kappa shape index (κ2) is 6.40. The van der Waals surface area contributed by atoms with Crippen molar-refractivity contribution in [2.24, 2.45) is 5.73 Å². The lowest BCUT2D eigenvalue weighted by atomic mass is 10.0. The fourth-order valence-corrected chi connectivity index (χ4v) is 1.78. The van der Waals surface area contributed by atoms with Crippen LogP contribution in [-0.4, -0.2) is 19.1 Å². The van der Waals surface area contributed by atoms with E-state index in [1.165, 1.54) is 0 Å². The number of methoxy groups -OCH3 is 1. The number of nitrogens with one attached hydrogen (secondary N) is 1. The molecule has 0 aliphatic heterocycles. The van der Waals surface area contributed by atoms with Gasteiger partial charge in [-0.15, -0.1) is 0 Å². The molecule has 100 valence electrons. The molecule has 0 radical (unpaired) electrons. The number of carbonyl (C=O) groups excluding carboxylic acids is 1. The predicted molar refractivity (Wildman–Crippen MR) is 72.6 cm³/mol. The van der Waals surface area contributed by atoms with Gasteiger partial charge >= 0.3 is 0 Å². The zero-order valence-corrected chi connectivity index (χ0v) is 11.5. The molecule has 0 aliphatic carbocycles. The molecule has 0 spiro atoms. The van der Waals surface area contributed by atoms with E-state index in [9.17, 15) is 4.79 Å². The standard InChI is InChI=1S/C14H22N2O2/c1-5-12(15)14(17)16-10(3)11-8-9(2)6-7-13(11)18-4/h6-8,10,12H,5,15H2,1-4H3,(H,16,17)/t10?,12-/m1/s1. The van der Waals surface area contributed by atoms with Gasteiger partial charge < -0.3 is 15.8 Å². The summed E-state index contributed by atoms with van der Waals surface area (Å²) in [7, 11) is 1.63. The van der Waals surface area contributed by atoms with Gasteiger partial charge in [0.05, 0.1) is 19.2 Å². The second-order valence-corrected chi connectivity index (χ2v) is 4.49. The lowest BCUT2D eigenvalue weighted by Crippen LogP contribution is -2.41. The zero-order chi connectivity index (χ0) is 13.7. The number of nitrogens with two attached hydrogens (primary N) is 1. The molecule has 18 heavy (non-hydrogen) atoms. The van der Waals surface area contributed by atoms with Gasteiger partial charge in [-0.25, -0.2) is 0 Å². The third kappa shape index (κ3) is 3.47. The molecule has 0 bridgehead atoms. The minimum absolute atomic E-state index is 0.120. The SMILES string of the molecule is CC[C@@H](N)C(=O)NC(C)c1cc(C)ccc1OC. The molecule has 0 saturated heterocycles. The molecule has 1 rings (SSSR count). The molecule has 2 atom stereocenters. The molecular formula is C14H22N2O2. The Labute approximate surface area is 109 Å². The van der Waals surface area contributed by atoms with Crippen LogP contribution in [0.1, 0.15) is 37.4 Å². The molecule has 4 nitrogen and oxygen atoms in total. The Morgan fingerprint density at radius 2 is 2.17 bits per heavy atom. The van der Waals surface area contributed by atoms with Crippen molar-refractivity contribution in [2.45, 2.75) is 39.3 Å². The van der Waals surface area contributed by atoms with Gasteiger partial charge in [0.2, 0.25) is 5.91 Å². The summed E-state index contributed by atoms with van der Waals surface area (Å²) in [4.78, 5) is 11.8. The fraction of sp³-hybridized carbons (Fsp3) is 0.500. The summed E-state index contributed by atoms with van der Waals surface area (Å²) in [6.45, 7) is 5.83. The monoisotopic (exact) mass is 250 g/mol. The van der Waals surface area contributed by atoms with Crippen molar-refractivity contribution < 1.29 is 9.53 Å². The van der Waals surface area contributed by atoms with Gasteiger partial charge in [-0.2, -0.15) is 0 Å². The first kappa shape index (κ1) is 14.5. The van der Waals surface area contributed by atoms with E-state index >= 15 is 0 Å². The van der Waals surface area contributed by atoms with Gasteiger partial charge in [-0.1, -0.05) is 24.6 Å². The third-order valence-corrected chi connectivity index (χ3v) is 2.99. The van der Waals surface area contributed by atoms with E-state index in [2.05, 4.69) is 5.32 Å². The van der Waals surface area contributed by atoms with E-state index < -0.39 is 6.04 Å². The van der Waals surface area contributed by atoms with Crippen molar-refractivity contribution in [2.75, 3.05) is 7.11 Å². The number of hydrogen-bond donors (Lipinski definition) is 2. The van der Waals surface area contributed by atoms with Crippen LogP contribution >= 0.6 is 0 Å². The van der Waals surface area contributed by atoms with Gasteiger partial charge in [0, 0.05) is 5.56 Å². The molecule has 0 fully saturated rings. The van der Waals surface area contributed by atoms with Gasteiger partial charge in [-0.05, 0) is 26.3 Å². The first-order chi connectivity index (χ1) is 8.49. The average molecular weight is 250 g/mol. The maximum atomic E-state index is 11.8. The summed E-state index contributed by atoms with van der Waals surface area (Å²) in [6.07, 6.45) is 0.628. The Hall–Kier alpha value is -1.55. The number of hydrogen-bond acceptors (Lipinski definition) is 3. The molecule has 1 aromatic carbocycles. The third-order valence-electron chi connectivity index (χ3n) is 2.99. The minimum Gasteiger partial charge on any atom is -0.496 e. The van der Waals surface area contributed by atoms with Crippen molar-refractivity contribution in [3.05, 3.63) is 29.3 Å². The Morgan fingerprint density at radius 1 is 1.50 bits per heavy atom. The van der Waals surface area contributed by atoms with Gasteiger partial charge in [0.1, 0.15) is 5.75 Å². The van der Waals surface area contributed by atoms with Crippen LogP contribution in [0.25, 0.3) is 0 Å². The Morgan fingerprint density at radius 3 is 2.72 bits per heavy atom. The van der Waals surface area contributed by atoms with Crippen molar-refractivity contribution in [1.29, 1.82) is 0 Å². The van der Waals surface area contributed by atoms with Crippen LogP contribution in [0.5, 0.6) is 5.75 Å². The summed E-state index contributed by atoms with van der Waals surface area (Å²) in [5.41, 5.74) is 7.80. The molecule has 1 aromatic rings. The number of carbonyl (C=O) groups is 1. The number of rotatable bonds is 5. The summed E-state index contributed by atoms with van der Waals surface area (Å²) in [6, 6.07) is 5.33. The number of benzene rings is 1. The maximum Gasteiger partial charge on any atom is 0.237 e. The predicted octanol–water partition coefficient (Wildman–Crippen LogP) is 1.92. The molecule has 0 saturated carbocycles. The van der Waals surface area contributed by atoms with Gasteiger partial charge in [0.25, 0.3) is 0 Å². The maximum absolute atomic E-state index is 11.8. The van der Waals surface area contributed by atoms with Crippen LogP contribution in [0.2, 0.25) is 0 Å². The van der Waals surface area contributed by atoms with Crippen LogP contribution in [-0.2, 0) is 4.79 Å². The van der Waals surface area contributed by atoms with E-state index in [0.717, 1.165) is 16.9 Å². The van der Waals surface area contributed by atoms with Crippen LogP contribution in [0, 0.1) is 6.92 Å². The highest BCUT2D eigenvalue weighted by Gasteiger charge is 2.17. The molecule has 0 aliphatic rings. The van der Waals surface area contributed by atoms with E-state index in [1.807, 2.05) is 39.0 Å². The first-order valence-corrected chi connectivity index (χ1v) is 6.20. The zero-order valence-electron chi connectivity index (χ0n) is 11.5. The summed E-state index contributed by atoms with van der Waals surface area (Å²) in [5.74, 6) is 0.645. The van der Waals surface area contributed by atoms with E-state index in [-0.39, 0.29) is 11.9 Å². The average Bonchev–Trinajstić information content (AvgIpc) is 2.37. The van der Waals surface area contributed by atoms with E-state index in [0.29, 0.717) is 6.42 Å². The number of aryl methyl sites for hydroxylation is 1. The van der Waals surface area contributed by atoms with Crippen molar-refractivity contribution >= 4 is 5.91 Å². The van der Waals surface area contributed by atoms with Crippen LogP contribution in [0.15, 0.2) is 18.2 Å². The van der Waals surface area contributed by atoms with Crippen molar-refractivity contribution in [1.82, 2.24) is 5.32 Å². The highest BCUT2D eigenvalue weighted by atomic mass is 16.5. The Balaban J connectivity index is 2.86. The second-order valence-electron chi connectivity index (χ2n) is 4.49. The summed E-state index contributed by atoms with van der Waals surface area (Å²) < 4.78 is 5.31. The molecular weight excluding hydrogens is 228 g/mol. The molecule has 3 N–H and O–H groups in total. The molecule has 1 unspecified atom stereocenters. The fourth-order valence-electron chi connectivity index (χ4n) is 1.78. The summed E-state index contributed by atoms with van der Waals surface area (Å²) >= 11 is 0. The molecule has 0 heterocycles.